The average Bonchev–Trinajstić information content (AvgIpc) is 2.28. The smallest absolute Gasteiger partial charge is 0.109 e. The summed E-state index contributed by atoms with van der Waals surface area (Å²) in [6.07, 6.45) is 2.39. The minimum atomic E-state index is -0.933. The first kappa shape index (κ1) is 11.9. The van der Waals surface area contributed by atoms with Crippen molar-refractivity contribution >= 4 is 0 Å². The predicted octanol–water partition coefficient (Wildman–Crippen LogP) is 1.81. The van der Waals surface area contributed by atoms with Crippen LogP contribution in [-0.4, -0.2) is 43.3 Å². The first-order valence-corrected chi connectivity index (χ1v) is 5.62. The zero-order valence-corrected chi connectivity index (χ0v) is 9.65. The zero-order valence-electron chi connectivity index (χ0n) is 9.65. The van der Waals surface area contributed by atoms with Crippen molar-refractivity contribution in [2.75, 3.05) is 26.7 Å². The molecule has 84 valence electrons. The number of likely N-dealkylation sites (tertiary alicyclic amines) is 1. The fourth-order valence-electron chi connectivity index (χ4n) is 1.96. The minimum absolute atomic E-state index is 0.499. The van der Waals surface area contributed by atoms with Gasteiger partial charge in [0, 0.05) is 19.1 Å². The normalized spacial score (nSPS) is 32.6. The lowest BCUT2D eigenvalue weighted by atomic mass is 10.0. The van der Waals surface area contributed by atoms with Crippen molar-refractivity contribution in [3.63, 3.8) is 0 Å². The Hall–Kier alpha value is -0.150. The molecule has 0 aromatic rings. The standard InChI is InChI=1S/C11H23FN2/c1-10(13-3)9-14-7-4-5-11(2,12)6-8-14/h10,13H,4-9H2,1-3H3. The van der Waals surface area contributed by atoms with Gasteiger partial charge in [-0.2, -0.15) is 0 Å². The van der Waals surface area contributed by atoms with E-state index in [1.165, 1.54) is 0 Å². The molecule has 2 unspecified atom stereocenters. The van der Waals surface area contributed by atoms with E-state index in [1.807, 2.05) is 7.05 Å². The summed E-state index contributed by atoms with van der Waals surface area (Å²) >= 11 is 0. The van der Waals surface area contributed by atoms with Gasteiger partial charge in [0.25, 0.3) is 0 Å². The van der Waals surface area contributed by atoms with E-state index in [-0.39, 0.29) is 0 Å². The highest BCUT2D eigenvalue weighted by atomic mass is 19.1. The maximum atomic E-state index is 13.7. The van der Waals surface area contributed by atoms with Crippen molar-refractivity contribution in [2.45, 2.75) is 44.8 Å². The summed E-state index contributed by atoms with van der Waals surface area (Å²) < 4.78 is 13.7. The second kappa shape index (κ2) is 5.08. The molecule has 1 rings (SSSR count). The Morgan fingerprint density at radius 1 is 1.43 bits per heavy atom. The molecule has 3 heteroatoms. The van der Waals surface area contributed by atoms with Gasteiger partial charge in [-0.25, -0.2) is 4.39 Å². The lowest BCUT2D eigenvalue weighted by molar-refractivity contribution is 0.160. The Balaban J connectivity index is 2.35. The van der Waals surface area contributed by atoms with E-state index in [2.05, 4.69) is 17.1 Å². The highest BCUT2D eigenvalue weighted by Gasteiger charge is 2.27. The van der Waals surface area contributed by atoms with Crippen molar-refractivity contribution < 1.29 is 4.39 Å². The zero-order chi connectivity index (χ0) is 10.6. The van der Waals surface area contributed by atoms with E-state index >= 15 is 0 Å². The van der Waals surface area contributed by atoms with Crippen LogP contribution >= 0.6 is 0 Å². The van der Waals surface area contributed by atoms with Gasteiger partial charge in [0.15, 0.2) is 0 Å². The number of nitrogens with zero attached hydrogens (tertiary/aromatic N) is 1. The molecule has 0 saturated carbocycles. The summed E-state index contributed by atoms with van der Waals surface area (Å²) in [5.74, 6) is 0. The van der Waals surface area contributed by atoms with Crippen molar-refractivity contribution in [1.82, 2.24) is 10.2 Å². The molecule has 0 aromatic carbocycles. The van der Waals surface area contributed by atoms with Gasteiger partial charge < -0.3 is 10.2 Å². The number of hydrogen-bond acceptors (Lipinski definition) is 2. The summed E-state index contributed by atoms with van der Waals surface area (Å²) in [5, 5.41) is 3.22. The molecule has 1 heterocycles. The number of nitrogens with one attached hydrogen (secondary N) is 1. The summed E-state index contributed by atoms with van der Waals surface area (Å²) in [6, 6.07) is 0.499. The van der Waals surface area contributed by atoms with Crippen molar-refractivity contribution in [3.8, 4) is 0 Å². The molecule has 0 radical (unpaired) electrons. The second-order valence-corrected chi connectivity index (χ2v) is 4.76. The molecular weight excluding hydrogens is 179 g/mol. The van der Waals surface area contributed by atoms with Crippen LogP contribution in [0.1, 0.15) is 33.1 Å². The maximum Gasteiger partial charge on any atom is 0.109 e. The minimum Gasteiger partial charge on any atom is -0.316 e. The van der Waals surface area contributed by atoms with Gasteiger partial charge in [0.1, 0.15) is 5.67 Å². The van der Waals surface area contributed by atoms with Crippen LogP contribution in [0.3, 0.4) is 0 Å². The summed E-state index contributed by atoms with van der Waals surface area (Å²) in [6.45, 7) is 6.88. The van der Waals surface area contributed by atoms with Crippen LogP contribution in [0.4, 0.5) is 4.39 Å². The fraction of sp³-hybridized carbons (Fsp3) is 1.00. The summed E-state index contributed by atoms with van der Waals surface area (Å²) in [4.78, 5) is 2.37. The third-order valence-corrected chi connectivity index (χ3v) is 3.15. The Labute approximate surface area is 86.9 Å². The monoisotopic (exact) mass is 202 g/mol. The van der Waals surface area contributed by atoms with Crippen LogP contribution in [0.15, 0.2) is 0 Å². The third kappa shape index (κ3) is 3.93. The van der Waals surface area contributed by atoms with Gasteiger partial charge in [-0.15, -0.1) is 0 Å². The molecule has 0 spiro atoms. The van der Waals surface area contributed by atoms with Gasteiger partial charge in [-0.3, -0.25) is 0 Å². The van der Waals surface area contributed by atoms with E-state index in [0.717, 1.165) is 32.5 Å². The molecule has 14 heavy (non-hydrogen) atoms. The van der Waals surface area contributed by atoms with Gasteiger partial charge in [-0.05, 0) is 46.7 Å². The van der Waals surface area contributed by atoms with E-state index in [9.17, 15) is 4.39 Å². The van der Waals surface area contributed by atoms with Crippen molar-refractivity contribution in [3.05, 3.63) is 0 Å². The SMILES string of the molecule is CNC(C)CN1CCCC(C)(F)CC1. The number of likely N-dealkylation sites (N-methyl/N-ethyl adjacent to an activating group) is 1. The van der Waals surface area contributed by atoms with Crippen molar-refractivity contribution in [2.24, 2.45) is 0 Å². The Bertz CT molecular complexity index is 171. The van der Waals surface area contributed by atoms with Crippen LogP contribution in [0.5, 0.6) is 0 Å². The third-order valence-electron chi connectivity index (χ3n) is 3.15. The van der Waals surface area contributed by atoms with E-state index in [1.54, 1.807) is 6.92 Å². The van der Waals surface area contributed by atoms with E-state index in [0.29, 0.717) is 12.5 Å². The molecule has 0 aromatic heterocycles. The van der Waals surface area contributed by atoms with Gasteiger partial charge in [0.05, 0.1) is 0 Å². The number of halogens is 1. The van der Waals surface area contributed by atoms with Gasteiger partial charge in [0.2, 0.25) is 0 Å². The quantitative estimate of drug-likeness (QED) is 0.751. The number of alkyl halides is 1. The topological polar surface area (TPSA) is 15.3 Å². The molecule has 1 aliphatic rings. The Morgan fingerprint density at radius 2 is 2.14 bits per heavy atom. The maximum absolute atomic E-state index is 13.7. The average molecular weight is 202 g/mol. The van der Waals surface area contributed by atoms with Gasteiger partial charge in [-0.1, -0.05) is 0 Å². The molecule has 1 fully saturated rings. The van der Waals surface area contributed by atoms with Gasteiger partial charge >= 0.3 is 0 Å². The van der Waals surface area contributed by atoms with E-state index in [4.69, 9.17) is 0 Å². The Morgan fingerprint density at radius 3 is 2.79 bits per heavy atom. The van der Waals surface area contributed by atoms with Crippen LogP contribution in [0.25, 0.3) is 0 Å². The van der Waals surface area contributed by atoms with Crippen LogP contribution in [-0.2, 0) is 0 Å². The van der Waals surface area contributed by atoms with Crippen LogP contribution in [0.2, 0.25) is 0 Å². The number of rotatable bonds is 3. The van der Waals surface area contributed by atoms with Crippen LogP contribution < -0.4 is 5.32 Å². The summed E-state index contributed by atoms with van der Waals surface area (Å²) in [5.41, 5.74) is -0.933. The van der Waals surface area contributed by atoms with Crippen molar-refractivity contribution in [1.29, 1.82) is 0 Å². The first-order valence-electron chi connectivity index (χ1n) is 5.62. The lowest BCUT2D eigenvalue weighted by Crippen LogP contribution is -2.38. The molecule has 0 aliphatic carbocycles. The second-order valence-electron chi connectivity index (χ2n) is 4.76. The molecule has 1 saturated heterocycles. The predicted molar refractivity (Wildman–Crippen MR) is 58.3 cm³/mol. The van der Waals surface area contributed by atoms with E-state index < -0.39 is 5.67 Å². The lowest BCUT2D eigenvalue weighted by Gasteiger charge is -2.24. The van der Waals surface area contributed by atoms with Crippen LogP contribution in [0, 0.1) is 0 Å². The summed E-state index contributed by atoms with van der Waals surface area (Å²) in [7, 11) is 1.97. The molecule has 0 amide bonds. The highest BCUT2D eigenvalue weighted by Crippen LogP contribution is 2.25. The largest absolute Gasteiger partial charge is 0.316 e. The molecule has 0 bridgehead atoms. The molecule has 1 N–H and O–H groups in total. The molecule has 2 nitrogen and oxygen atoms in total. The fourth-order valence-corrected chi connectivity index (χ4v) is 1.96. The molecule has 1 aliphatic heterocycles. The highest BCUT2D eigenvalue weighted by molar-refractivity contribution is 4.80. The Kier molecular flexibility index (Phi) is 4.32. The molecular formula is C11H23FN2. The first-order chi connectivity index (χ1) is 6.53. The molecule has 2 atom stereocenters. The number of hydrogen-bond donors (Lipinski definition) is 1.